The lowest BCUT2D eigenvalue weighted by molar-refractivity contribution is -0.431. The summed E-state index contributed by atoms with van der Waals surface area (Å²) in [7, 11) is 1.09. The van der Waals surface area contributed by atoms with Gasteiger partial charge in [0, 0.05) is 17.8 Å². The maximum atomic E-state index is 14.4. The first-order chi connectivity index (χ1) is 15.2. The maximum Gasteiger partial charge on any atom is 0.334 e. The van der Waals surface area contributed by atoms with Crippen molar-refractivity contribution in [1.82, 2.24) is 4.90 Å². The quantitative estimate of drug-likeness (QED) is 0.500. The molecule has 32 heavy (non-hydrogen) atoms. The lowest BCUT2D eigenvalue weighted by atomic mass is 9.82. The molecule has 0 saturated heterocycles. The summed E-state index contributed by atoms with van der Waals surface area (Å²) in [5.74, 6) is -5.94. The standard InChI is InChI=1S/C23H22F2N2O5/c1-13-18(23(28)29)19(16-9-10-17(24)20(25)22(16)32-3)21(27(30)31)14(2)26(13)12-11-15-7-5-4-6-8-15/h4-10,19H,11-12H2,1-3H3,(H,28,29). The van der Waals surface area contributed by atoms with Gasteiger partial charge in [-0.2, -0.15) is 4.39 Å². The Morgan fingerprint density at radius 1 is 1.16 bits per heavy atom. The molecule has 0 amide bonds. The van der Waals surface area contributed by atoms with Crippen LogP contribution in [0.15, 0.2) is 65.1 Å². The van der Waals surface area contributed by atoms with Gasteiger partial charge in [0.15, 0.2) is 11.6 Å². The Morgan fingerprint density at radius 3 is 2.38 bits per heavy atom. The van der Waals surface area contributed by atoms with E-state index in [1.807, 2.05) is 30.3 Å². The highest BCUT2D eigenvalue weighted by atomic mass is 19.2. The Bertz CT molecular complexity index is 1090. The number of benzene rings is 2. The highest BCUT2D eigenvalue weighted by Gasteiger charge is 2.44. The van der Waals surface area contributed by atoms with Gasteiger partial charge in [-0.05, 0) is 31.9 Å². The molecule has 0 aromatic heterocycles. The van der Waals surface area contributed by atoms with Gasteiger partial charge < -0.3 is 14.7 Å². The molecule has 1 aliphatic heterocycles. The highest BCUT2D eigenvalue weighted by molar-refractivity contribution is 5.91. The number of carboxylic acids is 1. The smallest absolute Gasteiger partial charge is 0.334 e. The minimum Gasteiger partial charge on any atom is -0.493 e. The monoisotopic (exact) mass is 444 g/mol. The molecule has 2 aromatic rings. The molecule has 9 heteroatoms. The summed E-state index contributed by atoms with van der Waals surface area (Å²) >= 11 is 0. The van der Waals surface area contributed by atoms with E-state index in [2.05, 4.69) is 0 Å². The predicted octanol–water partition coefficient (Wildman–Crippen LogP) is 4.48. The van der Waals surface area contributed by atoms with Gasteiger partial charge in [0.05, 0.1) is 23.3 Å². The van der Waals surface area contributed by atoms with Gasteiger partial charge >= 0.3 is 5.97 Å². The number of halogens is 2. The molecule has 168 valence electrons. The van der Waals surface area contributed by atoms with Crippen molar-refractivity contribution >= 4 is 5.97 Å². The van der Waals surface area contributed by atoms with Crippen LogP contribution in [-0.2, 0) is 11.2 Å². The van der Waals surface area contributed by atoms with Crippen LogP contribution in [0.25, 0.3) is 0 Å². The van der Waals surface area contributed by atoms with E-state index in [0.29, 0.717) is 13.0 Å². The number of nitrogens with zero attached hydrogens (tertiary/aromatic N) is 2. The van der Waals surface area contributed by atoms with E-state index in [-0.39, 0.29) is 22.5 Å². The number of carboxylic acid groups (broad SMARTS) is 1. The van der Waals surface area contributed by atoms with Crippen LogP contribution in [0.4, 0.5) is 8.78 Å². The first-order valence-electron chi connectivity index (χ1n) is 9.81. The molecule has 1 heterocycles. The normalized spacial score (nSPS) is 16.4. The molecular formula is C23H22F2N2O5. The average Bonchev–Trinajstić information content (AvgIpc) is 2.75. The number of rotatable bonds is 7. The number of nitro groups is 1. The van der Waals surface area contributed by atoms with Gasteiger partial charge in [0.25, 0.3) is 5.70 Å². The van der Waals surface area contributed by atoms with Crippen molar-refractivity contribution in [3.63, 3.8) is 0 Å². The molecule has 0 aliphatic carbocycles. The highest BCUT2D eigenvalue weighted by Crippen LogP contribution is 2.45. The number of hydrogen-bond acceptors (Lipinski definition) is 5. The van der Waals surface area contributed by atoms with E-state index < -0.39 is 39.9 Å². The lowest BCUT2D eigenvalue weighted by Crippen LogP contribution is -2.35. The Morgan fingerprint density at radius 2 is 1.81 bits per heavy atom. The Kier molecular flexibility index (Phi) is 6.57. The molecule has 3 rings (SSSR count). The largest absolute Gasteiger partial charge is 0.493 e. The van der Waals surface area contributed by atoms with Crippen LogP contribution in [0.1, 0.15) is 30.9 Å². The fraction of sp³-hybridized carbons (Fsp3) is 0.261. The van der Waals surface area contributed by atoms with Gasteiger partial charge in [-0.25, -0.2) is 9.18 Å². The molecule has 0 radical (unpaired) electrons. The first kappa shape index (κ1) is 22.9. The SMILES string of the molecule is COc1c(C2C(C(=O)O)=C(C)N(CCc3ccccc3)C(C)=C2[N+](=O)[O-])ccc(F)c1F. The second-order valence-electron chi connectivity index (χ2n) is 7.34. The van der Waals surface area contributed by atoms with Crippen LogP contribution in [-0.4, -0.2) is 34.6 Å². The van der Waals surface area contributed by atoms with E-state index in [9.17, 15) is 28.8 Å². The third-order valence-electron chi connectivity index (χ3n) is 5.62. The number of hydrogen-bond donors (Lipinski definition) is 1. The molecule has 1 aliphatic rings. The molecule has 0 saturated carbocycles. The van der Waals surface area contributed by atoms with E-state index in [4.69, 9.17) is 4.74 Å². The fourth-order valence-electron chi connectivity index (χ4n) is 4.11. The average molecular weight is 444 g/mol. The number of methoxy groups -OCH3 is 1. The zero-order valence-corrected chi connectivity index (χ0v) is 17.8. The summed E-state index contributed by atoms with van der Waals surface area (Å²) in [6, 6.07) is 11.3. The van der Waals surface area contributed by atoms with E-state index in [1.54, 1.807) is 11.8 Å². The molecule has 1 unspecified atom stereocenters. The Labute approximate surface area is 183 Å². The van der Waals surface area contributed by atoms with E-state index in [1.165, 1.54) is 6.92 Å². The van der Waals surface area contributed by atoms with Crippen molar-refractivity contribution in [2.24, 2.45) is 0 Å². The number of ether oxygens (including phenoxy) is 1. The fourth-order valence-corrected chi connectivity index (χ4v) is 4.11. The van der Waals surface area contributed by atoms with Crippen LogP contribution < -0.4 is 4.74 Å². The topological polar surface area (TPSA) is 92.9 Å². The summed E-state index contributed by atoms with van der Waals surface area (Å²) in [5, 5.41) is 22.1. The lowest BCUT2D eigenvalue weighted by Gasteiger charge is -2.34. The van der Waals surface area contributed by atoms with Crippen LogP contribution in [0, 0.1) is 21.7 Å². The van der Waals surface area contributed by atoms with Crippen LogP contribution >= 0.6 is 0 Å². The molecule has 0 bridgehead atoms. The molecular weight excluding hydrogens is 422 g/mol. The van der Waals surface area contributed by atoms with Gasteiger partial charge in [-0.15, -0.1) is 0 Å². The zero-order valence-electron chi connectivity index (χ0n) is 17.8. The summed E-state index contributed by atoms with van der Waals surface area (Å²) in [5.41, 5.74) is 0.650. The summed E-state index contributed by atoms with van der Waals surface area (Å²) in [6.07, 6.45) is 0.520. The van der Waals surface area contributed by atoms with Crippen LogP contribution in [0.3, 0.4) is 0 Å². The van der Waals surface area contributed by atoms with Crippen molar-refractivity contribution in [2.45, 2.75) is 26.2 Å². The predicted molar refractivity (Wildman–Crippen MR) is 113 cm³/mol. The third kappa shape index (κ3) is 4.05. The summed E-state index contributed by atoms with van der Waals surface area (Å²) in [4.78, 5) is 25.3. The van der Waals surface area contributed by atoms with Gasteiger partial charge in [-0.1, -0.05) is 36.4 Å². The van der Waals surface area contributed by atoms with Gasteiger partial charge in [0.1, 0.15) is 5.92 Å². The van der Waals surface area contributed by atoms with Crippen molar-refractivity contribution in [3.8, 4) is 5.75 Å². The van der Waals surface area contributed by atoms with Crippen LogP contribution in [0.2, 0.25) is 0 Å². The summed E-state index contributed by atoms with van der Waals surface area (Å²) < 4.78 is 33.1. The first-order valence-corrected chi connectivity index (χ1v) is 9.81. The minimum absolute atomic E-state index is 0.128. The zero-order chi connectivity index (χ0) is 23.6. The van der Waals surface area contributed by atoms with Crippen molar-refractivity contribution < 1.29 is 28.3 Å². The molecule has 1 N–H and O–H groups in total. The molecule has 0 spiro atoms. The number of aliphatic carboxylic acids is 1. The molecule has 1 atom stereocenters. The van der Waals surface area contributed by atoms with E-state index in [0.717, 1.165) is 24.8 Å². The number of allylic oxidation sites excluding steroid dienone is 3. The number of carbonyl (C=O) groups is 1. The summed E-state index contributed by atoms with van der Waals surface area (Å²) in [6.45, 7) is 3.37. The molecule has 7 nitrogen and oxygen atoms in total. The van der Waals surface area contributed by atoms with Crippen molar-refractivity contribution in [1.29, 1.82) is 0 Å². The maximum absolute atomic E-state index is 14.4. The Balaban J connectivity index is 2.18. The van der Waals surface area contributed by atoms with Gasteiger partial charge in [-0.3, -0.25) is 10.1 Å². The van der Waals surface area contributed by atoms with Crippen molar-refractivity contribution in [3.05, 3.63) is 98.0 Å². The van der Waals surface area contributed by atoms with Gasteiger partial charge in [0.2, 0.25) is 5.82 Å². The van der Waals surface area contributed by atoms with E-state index >= 15 is 0 Å². The third-order valence-corrected chi connectivity index (χ3v) is 5.62. The second-order valence-corrected chi connectivity index (χ2v) is 7.34. The van der Waals surface area contributed by atoms with Crippen molar-refractivity contribution in [2.75, 3.05) is 13.7 Å². The minimum atomic E-state index is -1.44. The molecule has 2 aromatic carbocycles. The molecule has 0 fully saturated rings. The van der Waals surface area contributed by atoms with Crippen LogP contribution in [0.5, 0.6) is 5.75 Å². The Hall–Kier alpha value is -3.75. The second kappa shape index (κ2) is 9.17.